The van der Waals surface area contributed by atoms with E-state index in [1.807, 2.05) is 5.32 Å². The summed E-state index contributed by atoms with van der Waals surface area (Å²) in [5.74, 6) is -1.58. The SMILES string of the molecule is CC(C)N(CC(F)(F)F)C(=O)NCC(C)(O)C(=O)O. The Morgan fingerprint density at radius 2 is 1.79 bits per heavy atom. The molecule has 0 aromatic heterocycles. The van der Waals surface area contributed by atoms with E-state index in [9.17, 15) is 27.9 Å². The van der Waals surface area contributed by atoms with Gasteiger partial charge < -0.3 is 20.4 Å². The molecule has 0 aliphatic carbocycles. The molecule has 0 aromatic rings. The number of nitrogens with zero attached hydrogens (tertiary/aromatic N) is 1. The third-order valence-electron chi connectivity index (χ3n) is 2.28. The molecule has 0 spiro atoms. The summed E-state index contributed by atoms with van der Waals surface area (Å²) < 4.78 is 36.8. The summed E-state index contributed by atoms with van der Waals surface area (Å²) >= 11 is 0. The van der Waals surface area contributed by atoms with Crippen molar-refractivity contribution in [2.24, 2.45) is 0 Å². The van der Waals surface area contributed by atoms with E-state index in [4.69, 9.17) is 5.11 Å². The van der Waals surface area contributed by atoms with Gasteiger partial charge in [-0.1, -0.05) is 0 Å². The first-order valence-corrected chi connectivity index (χ1v) is 5.44. The highest BCUT2D eigenvalue weighted by Gasteiger charge is 2.36. The number of aliphatic carboxylic acids is 1. The summed E-state index contributed by atoms with van der Waals surface area (Å²) in [5, 5.41) is 19.9. The van der Waals surface area contributed by atoms with Crippen LogP contribution in [0.3, 0.4) is 0 Å². The van der Waals surface area contributed by atoms with Crippen molar-refractivity contribution >= 4 is 12.0 Å². The van der Waals surface area contributed by atoms with Crippen LogP contribution in [0.15, 0.2) is 0 Å². The van der Waals surface area contributed by atoms with E-state index >= 15 is 0 Å². The lowest BCUT2D eigenvalue weighted by atomic mass is 10.1. The van der Waals surface area contributed by atoms with Crippen molar-refractivity contribution in [2.75, 3.05) is 13.1 Å². The summed E-state index contributed by atoms with van der Waals surface area (Å²) in [6, 6.07) is -1.81. The number of amides is 2. The summed E-state index contributed by atoms with van der Waals surface area (Å²) in [6.45, 7) is 1.56. The minimum absolute atomic E-state index is 0.498. The Morgan fingerprint density at radius 1 is 1.32 bits per heavy atom. The van der Waals surface area contributed by atoms with E-state index in [-0.39, 0.29) is 0 Å². The number of rotatable bonds is 5. The van der Waals surface area contributed by atoms with Crippen molar-refractivity contribution in [1.82, 2.24) is 10.2 Å². The molecule has 3 N–H and O–H groups in total. The maximum atomic E-state index is 12.3. The van der Waals surface area contributed by atoms with Crippen LogP contribution in [0, 0.1) is 0 Å². The lowest BCUT2D eigenvalue weighted by Gasteiger charge is -2.29. The second-order valence-electron chi connectivity index (χ2n) is 4.57. The van der Waals surface area contributed by atoms with Gasteiger partial charge in [0.2, 0.25) is 0 Å². The van der Waals surface area contributed by atoms with Crippen molar-refractivity contribution in [3.05, 3.63) is 0 Å². The fraction of sp³-hybridized carbons (Fsp3) is 0.800. The van der Waals surface area contributed by atoms with E-state index in [1.54, 1.807) is 0 Å². The second-order valence-corrected chi connectivity index (χ2v) is 4.57. The van der Waals surface area contributed by atoms with Crippen LogP contribution in [-0.4, -0.2) is 58.0 Å². The Kier molecular flexibility index (Phi) is 5.61. The molecule has 1 unspecified atom stereocenters. The van der Waals surface area contributed by atoms with Crippen LogP contribution in [0.4, 0.5) is 18.0 Å². The van der Waals surface area contributed by atoms with Gasteiger partial charge >= 0.3 is 18.2 Å². The number of carbonyl (C=O) groups excluding carboxylic acids is 1. The highest BCUT2D eigenvalue weighted by molar-refractivity contribution is 5.79. The van der Waals surface area contributed by atoms with Gasteiger partial charge in [-0.25, -0.2) is 9.59 Å². The standard InChI is InChI=1S/C10H17F3N2O4/c1-6(2)15(5-10(11,12)13)8(18)14-4-9(3,19)7(16)17/h6,19H,4-5H2,1-3H3,(H,14,18)(H,16,17). The molecular formula is C10H17F3N2O4. The highest BCUT2D eigenvalue weighted by atomic mass is 19.4. The third kappa shape index (κ3) is 6.27. The van der Waals surface area contributed by atoms with E-state index < -0.39 is 42.9 Å². The molecule has 9 heteroatoms. The number of carbonyl (C=O) groups is 2. The third-order valence-corrected chi connectivity index (χ3v) is 2.28. The van der Waals surface area contributed by atoms with Crippen LogP contribution in [0.2, 0.25) is 0 Å². The van der Waals surface area contributed by atoms with Gasteiger partial charge in [-0.05, 0) is 20.8 Å². The molecule has 0 radical (unpaired) electrons. The van der Waals surface area contributed by atoms with Gasteiger partial charge in [0.15, 0.2) is 5.60 Å². The smallest absolute Gasteiger partial charge is 0.406 e. The maximum Gasteiger partial charge on any atom is 0.406 e. The molecule has 112 valence electrons. The largest absolute Gasteiger partial charge is 0.479 e. The molecule has 0 heterocycles. The van der Waals surface area contributed by atoms with Crippen molar-refractivity contribution in [3.8, 4) is 0 Å². The zero-order valence-corrected chi connectivity index (χ0v) is 10.8. The zero-order chi connectivity index (χ0) is 15.4. The van der Waals surface area contributed by atoms with E-state index in [0.717, 1.165) is 6.92 Å². The van der Waals surface area contributed by atoms with Crippen LogP contribution in [0.25, 0.3) is 0 Å². The summed E-state index contributed by atoms with van der Waals surface area (Å²) in [4.78, 5) is 22.6. The number of carboxylic acid groups (broad SMARTS) is 1. The predicted octanol–water partition coefficient (Wildman–Crippen LogP) is 0.804. The highest BCUT2D eigenvalue weighted by Crippen LogP contribution is 2.18. The first kappa shape index (κ1) is 17.5. The van der Waals surface area contributed by atoms with E-state index in [2.05, 4.69) is 0 Å². The molecule has 0 rings (SSSR count). The number of urea groups is 1. The zero-order valence-electron chi connectivity index (χ0n) is 10.8. The lowest BCUT2D eigenvalue weighted by Crippen LogP contribution is -2.53. The molecular weight excluding hydrogens is 269 g/mol. The Bertz CT molecular complexity index is 342. The number of alkyl halides is 3. The Hall–Kier alpha value is -1.51. The average molecular weight is 286 g/mol. The quantitative estimate of drug-likeness (QED) is 0.697. The van der Waals surface area contributed by atoms with Gasteiger partial charge in [0.25, 0.3) is 0 Å². The first-order valence-electron chi connectivity index (χ1n) is 5.44. The van der Waals surface area contributed by atoms with Gasteiger partial charge in [0.05, 0.1) is 6.54 Å². The number of nitrogens with one attached hydrogen (secondary N) is 1. The van der Waals surface area contributed by atoms with Gasteiger partial charge in [-0.3, -0.25) is 0 Å². The Labute approximate surface area is 108 Å². The topological polar surface area (TPSA) is 89.9 Å². The number of halogens is 3. The summed E-state index contributed by atoms with van der Waals surface area (Å²) in [7, 11) is 0. The van der Waals surface area contributed by atoms with Gasteiger partial charge in [-0.15, -0.1) is 0 Å². The molecule has 0 saturated carbocycles. The number of aliphatic hydroxyl groups is 1. The first-order chi connectivity index (χ1) is 8.37. The summed E-state index contributed by atoms with van der Waals surface area (Å²) in [5.41, 5.74) is -2.24. The molecule has 0 aliphatic rings. The maximum absolute atomic E-state index is 12.3. The number of carboxylic acids is 1. The second kappa shape index (κ2) is 6.09. The molecule has 19 heavy (non-hydrogen) atoms. The minimum Gasteiger partial charge on any atom is -0.479 e. The Morgan fingerprint density at radius 3 is 2.11 bits per heavy atom. The Balaban J connectivity index is 4.64. The van der Waals surface area contributed by atoms with Gasteiger partial charge in [0, 0.05) is 6.04 Å². The van der Waals surface area contributed by atoms with Gasteiger partial charge in [-0.2, -0.15) is 13.2 Å². The number of hydrogen-bond acceptors (Lipinski definition) is 3. The minimum atomic E-state index is -4.56. The van der Waals surface area contributed by atoms with Gasteiger partial charge in [0.1, 0.15) is 6.54 Å². The average Bonchev–Trinajstić information content (AvgIpc) is 2.21. The number of hydrogen-bond donors (Lipinski definition) is 3. The van der Waals surface area contributed by atoms with Crippen molar-refractivity contribution < 1.29 is 33.0 Å². The van der Waals surface area contributed by atoms with Crippen LogP contribution >= 0.6 is 0 Å². The van der Waals surface area contributed by atoms with Crippen molar-refractivity contribution in [2.45, 2.75) is 38.6 Å². The molecule has 0 saturated heterocycles. The van der Waals surface area contributed by atoms with Crippen molar-refractivity contribution in [3.63, 3.8) is 0 Å². The molecule has 2 amide bonds. The van der Waals surface area contributed by atoms with E-state index in [1.165, 1.54) is 13.8 Å². The van der Waals surface area contributed by atoms with Crippen LogP contribution in [-0.2, 0) is 4.79 Å². The summed E-state index contributed by atoms with van der Waals surface area (Å²) in [6.07, 6.45) is -4.56. The normalized spacial score (nSPS) is 14.9. The predicted molar refractivity (Wildman–Crippen MR) is 59.6 cm³/mol. The van der Waals surface area contributed by atoms with Crippen LogP contribution < -0.4 is 5.32 Å². The van der Waals surface area contributed by atoms with E-state index in [0.29, 0.717) is 4.90 Å². The fourth-order valence-electron chi connectivity index (χ4n) is 1.11. The lowest BCUT2D eigenvalue weighted by molar-refractivity contribution is -0.156. The molecule has 0 fully saturated rings. The molecule has 0 aromatic carbocycles. The molecule has 0 bridgehead atoms. The fourth-order valence-corrected chi connectivity index (χ4v) is 1.11. The molecule has 1 atom stereocenters. The monoisotopic (exact) mass is 286 g/mol. The van der Waals surface area contributed by atoms with Crippen molar-refractivity contribution in [1.29, 1.82) is 0 Å². The molecule has 0 aliphatic heterocycles. The molecule has 6 nitrogen and oxygen atoms in total. The van der Waals surface area contributed by atoms with Crippen LogP contribution in [0.5, 0.6) is 0 Å². The van der Waals surface area contributed by atoms with Crippen LogP contribution in [0.1, 0.15) is 20.8 Å².